The molecule has 4 aliphatic rings. The third kappa shape index (κ3) is 1.16. The number of H-pyrrole nitrogens is 1. The highest BCUT2D eigenvalue weighted by atomic mass is 15.1. The minimum atomic E-state index is 0.472. The largest absolute Gasteiger partial charge is 0.283 e. The van der Waals surface area contributed by atoms with E-state index in [1.54, 1.807) is 0 Å². The molecule has 4 fully saturated rings. The predicted molar refractivity (Wildman–Crippen MR) is 63.2 cm³/mol. The van der Waals surface area contributed by atoms with Gasteiger partial charge in [-0.25, -0.2) is 0 Å². The van der Waals surface area contributed by atoms with E-state index in [0.29, 0.717) is 5.41 Å². The van der Waals surface area contributed by atoms with Crippen LogP contribution in [-0.2, 0) is 5.41 Å². The van der Waals surface area contributed by atoms with Gasteiger partial charge in [0.15, 0.2) is 0 Å². The Morgan fingerprint density at radius 2 is 1.69 bits per heavy atom. The fraction of sp³-hybridized carbons (Fsp3) is 0.786. The van der Waals surface area contributed by atoms with Crippen LogP contribution in [0.4, 0.5) is 0 Å². The van der Waals surface area contributed by atoms with Gasteiger partial charge in [0.1, 0.15) is 0 Å². The van der Waals surface area contributed by atoms with Crippen molar-refractivity contribution < 1.29 is 0 Å². The fourth-order valence-corrected chi connectivity index (χ4v) is 5.11. The molecule has 1 N–H and O–H groups in total. The summed E-state index contributed by atoms with van der Waals surface area (Å²) in [5.41, 5.74) is 3.08. The molecule has 0 unspecified atom stereocenters. The van der Waals surface area contributed by atoms with Crippen LogP contribution >= 0.6 is 0 Å². The Kier molecular flexibility index (Phi) is 1.68. The van der Waals surface area contributed by atoms with Crippen LogP contribution in [0.1, 0.15) is 49.9 Å². The van der Waals surface area contributed by atoms with Gasteiger partial charge in [-0.3, -0.25) is 5.10 Å². The maximum Gasteiger partial charge on any atom is 0.0686 e. The zero-order chi connectivity index (χ0) is 10.8. The van der Waals surface area contributed by atoms with Crippen molar-refractivity contribution in [3.05, 3.63) is 17.5 Å². The van der Waals surface area contributed by atoms with Crippen LogP contribution in [0.2, 0.25) is 0 Å². The zero-order valence-electron chi connectivity index (χ0n) is 10.00. The van der Waals surface area contributed by atoms with E-state index in [-0.39, 0.29) is 0 Å². The molecule has 0 amide bonds. The first kappa shape index (κ1) is 9.26. The molecule has 2 heteroatoms. The number of hydrogen-bond acceptors (Lipinski definition) is 1. The van der Waals surface area contributed by atoms with E-state index in [1.165, 1.54) is 49.9 Å². The monoisotopic (exact) mass is 216 g/mol. The Morgan fingerprint density at radius 3 is 2.12 bits per heavy atom. The van der Waals surface area contributed by atoms with Gasteiger partial charge in [-0.15, -0.1) is 0 Å². The summed E-state index contributed by atoms with van der Waals surface area (Å²) < 4.78 is 0. The SMILES string of the molecule is Cc1cc(C23CC4CC(CC(C4)C2)C3)n[nH]1. The summed E-state index contributed by atoms with van der Waals surface area (Å²) in [6.45, 7) is 2.12. The standard InChI is InChI=1S/C14H20N2/c1-9-2-13(16-15-9)14-6-10-3-11(7-14)5-12(4-10)8-14/h2,10-12H,3-8H2,1H3,(H,15,16). The van der Waals surface area contributed by atoms with Crippen LogP contribution in [-0.4, -0.2) is 10.2 Å². The molecule has 1 heterocycles. The second-order valence-corrected chi connectivity index (χ2v) is 6.63. The molecule has 4 saturated carbocycles. The van der Waals surface area contributed by atoms with Crippen molar-refractivity contribution in [1.82, 2.24) is 10.2 Å². The first-order valence-electron chi connectivity index (χ1n) is 6.76. The molecule has 16 heavy (non-hydrogen) atoms. The number of aromatic amines is 1. The number of aromatic nitrogens is 2. The van der Waals surface area contributed by atoms with Gasteiger partial charge >= 0.3 is 0 Å². The van der Waals surface area contributed by atoms with E-state index >= 15 is 0 Å². The van der Waals surface area contributed by atoms with Crippen molar-refractivity contribution >= 4 is 0 Å². The van der Waals surface area contributed by atoms with Crippen molar-refractivity contribution in [2.45, 2.75) is 50.9 Å². The van der Waals surface area contributed by atoms with Crippen molar-refractivity contribution in [3.63, 3.8) is 0 Å². The topological polar surface area (TPSA) is 28.7 Å². The summed E-state index contributed by atoms with van der Waals surface area (Å²) in [6.07, 6.45) is 8.81. The number of nitrogens with one attached hydrogen (secondary N) is 1. The Bertz CT molecular complexity index is 383. The number of hydrogen-bond donors (Lipinski definition) is 1. The summed E-state index contributed by atoms with van der Waals surface area (Å²) in [6, 6.07) is 2.30. The molecule has 1 aromatic heterocycles. The van der Waals surface area contributed by atoms with Gasteiger partial charge in [-0.05, 0) is 69.3 Å². The van der Waals surface area contributed by atoms with Gasteiger partial charge in [0, 0.05) is 11.1 Å². The minimum absolute atomic E-state index is 0.472. The van der Waals surface area contributed by atoms with E-state index in [9.17, 15) is 0 Å². The summed E-state index contributed by atoms with van der Waals surface area (Å²) in [5, 5.41) is 7.72. The third-order valence-corrected chi connectivity index (χ3v) is 5.29. The summed E-state index contributed by atoms with van der Waals surface area (Å²) in [5.74, 6) is 3.05. The smallest absolute Gasteiger partial charge is 0.0686 e. The maximum absolute atomic E-state index is 4.58. The van der Waals surface area contributed by atoms with E-state index < -0.39 is 0 Å². The van der Waals surface area contributed by atoms with Crippen LogP contribution in [0, 0.1) is 24.7 Å². The lowest BCUT2D eigenvalue weighted by molar-refractivity contribution is -0.00722. The first-order valence-corrected chi connectivity index (χ1v) is 6.76. The average molecular weight is 216 g/mol. The molecular formula is C14H20N2. The van der Waals surface area contributed by atoms with Crippen molar-refractivity contribution in [3.8, 4) is 0 Å². The Balaban J connectivity index is 1.76. The van der Waals surface area contributed by atoms with E-state index in [1.807, 2.05) is 0 Å². The van der Waals surface area contributed by atoms with Crippen LogP contribution in [0.15, 0.2) is 6.07 Å². The molecule has 5 rings (SSSR count). The molecular weight excluding hydrogens is 196 g/mol. The van der Waals surface area contributed by atoms with Gasteiger partial charge < -0.3 is 0 Å². The molecule has 0 aliphatic heterocycles. The Labute approximate surface area is 96.8 Å². The Hall–Kier alpha value is -0.790. The molecule has 1 aromatic rings. The van der Waals surface area contributed by atoms with Crippen molar-refractivity contribution in [2.24, 2.45) is 17.8 Å². The van der Waals surface area contributed by atoms with Crippen molar-refractivity contribution in [1.29, 1.82) is 0 Å². The van der Waals surface area contributed by atoms with E-state index in [4.69, 9.17) is 0 Å². The minimum Gasteiger partial charge on any atom is -0.283 e. The van der Waals surface area contributed by atoms with E-state index in [0.717, 1.165) is 17.8 Å². The van der Waals surface area contributed by atoms with Crippen molar-refractivity contribution in [2.75, 3.05) is 0 Å². The quantitative estimate of drug-likeness (QED) is 0.767. The summed E-state index contributed by atoms with van der Waals surface area (Å²) in [7, 11) is 0. The second kappa shape index (κ2) is 2.91. The van der Waals surface area contributed by atoms with Gasteiger partial charge in [0.25, 0.3) is 0 Å². The van der Waals surface area contributed by atoms with Gasteiger partial charge in [-0.1, -0.05) is 0 Å². The summed E-state index contributed by atoms with van der Waals surface area (Å²) >= 11 is 0. The summed E-state index contributed by atoms with van der Waals surface area (Å²) in [4.78, 5) is 0. The zero-order valence-corrected chi connectivity index (χ0v) is 10.00. The van der Waals surface area contributed by atoms with Crippen LogP contribution in [0.25, 0.3) is 0 Å². The molecule has 86 valence electrons. The molecule has 0 aromatic carbocycles. The third-order valence-electron chi connectivity index (χ3n) is 5.29. The molecule has 4 bridgehead atoms. The maximum atomic E-state index is 4.58. The van der Waals surface area contributed by atoms with Gasteiger partial charge in [-0.2, -0.15) is 5.10 Å². The lowest BCUT2D eigenvalue weighted by Crippen LogP contribution is -2.48. The number of aryl methyl sites for hydroxylation is 1. The fourth-order valence-electron chi connectivity index (χ4n) is 5.11. The number of rotatable bonds is 1. The highest BCUT2D eigenvalue weighted by molar-refractivity contribution is 5.23. The lowest BCUT2D eigenvalue weighted by atomic mass is 9.49. The highest BCUT2D eigenvalue weighted by Crippen LogP contribution is 2.60. The van der Waals surface area contributed by atoms with Gasteiger partial charge in [0.2, 0.25) is 0 Å². The first-order chi connectivity index (χ1) is 7.73. The van der Waals surface area contributed by atoms with Crippen LogP contribution in [0.5, 0.6) is 0 Å². The molecule has 0 atom stereocenters. The molecule has 0 spiro atoms. The van der Waals surface area contributed by atoms with Crippen LogP contribution in [0.3, 0.4) is 0 Å². The Morgan fingerprint density at radius 1 is 1.12 bits per heavy atom. The second-order valence-electron chi connectivity index (χ2n) is 6.63. The molecule has 2 nitrogen and oxygen atoms in total. The molecule has 0 saturated heterocycles. The average Bonchev–Trinajstić information content (AvgIpc) is 2.63. The van der Waals surface area contributed by atoms with E-state index in [2.05, 4.69) is 23.2 Å². The lowest BCUT2D eigenvalue weighted by Gasteiger charge is -2.56. The molecule has 4 aliphatic carbocycles. The normalized spacial score (nSPS) is 45.2. The number of nitrogens with zero attached hydrogens (tertiary/aromatic N) is 1. The van der Waals surface area contributed by atoms with Crippen LogP contribution < -0.4 is 0 Å². The highest BCUT2D eigenvalue weighted by Gasteiger charge is 2.52. The molecule has 0 radical (unpaired) electrons. The predicted octanol–water partition coefficient (Wildman–Crippen LogP) is 3.19. The van der Waals surface area contributed by atoms with Gasteiger partial charge in [0.05, 0.1) is 5.69 Å².